The topological polar surface area (TPSA) is 95.6 Å². The van der Waals surface area contributed by atoms with Crippen LogP contribution < -0.4 is 15.2 Å². The molecule has 2 aromatic rings. The third kappa shape index (κ3) is 5.19. The fourth-order valence-electron chi connectivity index (χ4n) is 2.36. The van der Waals surface area contributed by atoms with E-state index in [4.69, 9.17) is 22.5 Å². The number of halogens is 4. The molecule has 1 amide bonds. The maximum Gasteiger partial charge on any atom is 0.417 e. The molecule has 0 saturated carbocycles. The van der Waals surface area contributed by atoms with Crippen LogP contribution in [0.5, 0.6) is 0 Å². The molecule has 0 spiro atoms. The van der Waals surface area contributed by atoms with Crippen LogP contribution in [0.2, 0.25) is 5.02 Å². The summed E-state index contributed by atoms with van der Waals surface area (Å²) in [5.41, 5.74) is 7.01. The molecule has 0 fully saturated rings. The fourth-order valence-corrected chi connectivity index (χ4v) is 2.59. The van der Waals surface area contributed by atoms with Crippen molar-refractivity contribution in [2.45, 2.75) is 6.18 Å². The molecule has 7 nitrogen and oxygen atoms in total. The molecule has 0 unspecified atom stereocenters. The van der Waals surface area contributed by atoms with Crippen LogP contribution in [0, 0.1) is 10.9 Å². The molecule has 0 aliphatic carbocycles. The Bertz CT molecular complexity index is 881. The number of nitrogens with one attached hydrogen (secondary N) is 3. The Hall–Kier alpha value is -3.14. The van der Waals surface area contributed by atoms with E-state index in [0.717, 1.165) is 23.5 Å². The minimum Gasteiger partial charge on any atom is -0.365 e. The van der Waals surface area contributed by atoms with E-state index in [-0.39, 0.29) is 12.2 Å². The van der Waals surface area contributed by atoms with Crippen LogP contribution in [-0.2, 0) is 11.0 Å². The van der Waals surface area contributed by atoms with E-state index in [1.165, 1.54) is 6.07 Å². The summed E-state index contributed by atoms with van der Waals surface area (Å²) >= 11 is 5.56. The lowest BCUT2D eigenvalue weighted by molar-refractivity contribution is -0.137. The van der Waals surface area contributed by atoms with Gasteiger partial charge in [-0.15, -0.1) is 0 Å². The van der Waals surface area contributed by atoms with Crippen LogP contribution >= 0.6 is 11.6 Å². The highest BCUT2D eigenvalue weighted by Crippen LogP contribution is 2.36. The first-order valence-corrected chi connectivity index (χ1v) is 8.18. The van der Waals surface area contributed by atoms with Crippen molar-refractivity contribution in [3.8, 4) is 0 Å². The molecular weight excluding hydrogens is 397 g/mol. The van der Waals surface area contributed by atoms with E-state index >= 15 is 0 Å². The number of hydrogen-bond acceptors (Lipinski definition) is 5. The lowest BCUT2D eigenvalue weighted by Crippen LogP contribution is -2.30. The van der Waals surface area contributed by atoms with Gasteiger partial charge >= 0.3 is 6.18 Å². The van der Waals surface area contributed by atoms with Gasteiger partial charge in [-0.3, -0.25) is 10.2 Å². The molecule has 2 aromatic carbocycles. The maximum atomic E-state index is 12.9. The predicted octanol–water partition coefficient (Wildman–Crippen LogP) is 4.79. The number of carbonyl (C=O) groups excluding carboxylic acids is 1. The number of alkyl halides is 3. The highest BCUT2D eigenvalue weighted by Gasteiger charge is 2.33. The normalized spacial score (nSPS) is 10.9. The quantitative estimate of drug-likeness (QED) is 0.264. The van der Waals surface area contributed by atoms with Crippen LogP contribution in [0.3, 0.4) is 0 Å². The lowest BCUT2D eigenvalue weighted by atomic mass is 10.2. The zero-order chi connectivity index (χ0) is 20.9. The van der Waals surface area contributed by atoms with Gasteiger partial charge in [0.2, 0.25) is 5.91 Å². The Morgan fingerprint density at radius 3 is 2.54 bits per heavy atom. The van der Waals surface area contributed by atoms with Gasteiger partial charge in [-0.2, -0.15) is 18.7 Å². The molecule has 2 rings (SSSR count). The van der Waals surface area contributed by atoms with E-state index in [2.05, 4.69) is 10.5 Å². The minimum absolute atomic E-state index is 0.0214. The van der Waals surface area contributed by atoms with Crippen molar-refractivity contribution in [1.29, 1.82) is 10.9 Å². The minimum atomic E-state index is -4.63. The molecule has 0 aliphatic rings. The SMILES string of the molecule is CN(CC(=O)Nc1ccc(Cl)c(C(F)(F)F)c1)c1cccc(N(C=N)N=N)c1. The van der Waals surface area contributed by atoms with Gasteiger partial charge in [0.15, 0.2) is 0 Å². The number of likely N-dealkylation sites (N-methyl/N-ethyl adjacent to an activating group) is 1. The molecule has 0 heterocycles. The smallest absolute Gasteiger partial charge is 0.365 e. The number of amides is 1. The van der Waals surface area contributed by atoms with E-state index in [0.29, 0.717) is 11.4 Å². The average molecular weight is 413 g/mol. The van der Waals surface area contributed by atoms with Gasteiger partial charge in [0, 0.05) is 18.4 Å². The Balaban J connectivity index is 2.10. The molecule has 0 radical (unpaired) electrons. The van der Waals surface area contributed by atoms with Crippen molar-refractivity contribution >= 4 is 40.9 Å². The highest BCUT2D eigenvalue weighted by atomic mass is 35.5. The van der Waals surface area contributed by atoms with E-state index < -0.39 is 22.7 Å². The second-order valence-electron chi connectivity index (χ2n) is 5.69. The van der Waals surface area contributed by atoms with Crippen LogP contribution in [0.1, 0.15) is 5.56 Å². The van der Waals surface area contributed by atoms with Crippen LogP contribution in [0.25, 0.3) is 0 Å². The van der Waals surface area contributed by atoms with Crippen LogP contribution in [-0.4, -0.2) is 25.8 Å². The fraction of sp³-hybridized carbons (Fsp3) is 0.176. The summed E-state index contributed by atoms with van der Waals surface area (Å²) < 4.78 is 38.7. The van der Waals surface area contributed by atoms with E-state index in [9.17, 15) is 18.0 Å². The Labute approximate surface area is 163 Å². The summed E-state index contributed by atoms with van der Waals surface area (Å²) in [5, 5.41) is 13.4. The zero-order valence-electron chi connectivity index (χ0n) is 14.6. The monoisotopic (exact) mass is 412 g/mol. The third-order valence-corrected chi connectivity index (χ3v) is 4.03. The summed E-state index contributed by atoms with van der Waals surface area (Å²) in [5.74, 6) is -0.530. The molecule has 28 heavy (non-hydrogen) atoms. The first kappa shape index (κ1) is 21.2. The van der Waals surface area contributed by atoms with Crippen molar-refractivity contribution in [1.82, 2.24) is 0 Å². The first-order valence-electron chi connectivity index (χ1n) is 7.80. The number of nitrogens with zero attached hydrogens (tertiary/aromatic N) is 3. The Morgan fingerprint density at radius 2 is 1.93 bits per heavy atom. The Kier molecular flexibility index (Phi) is 6.57. The summed E-state index contributed by atoms with van der Waals surface area (Å²) in [7, 11) is 1.62. The van der Waals surface area contributed by atoms with Crippen LogP contribution in [0.4, 0.5) is 30.2 Å². The third-order valence-electron chi connectivity index (χ3n) is 3.70. The summed E-state index contributed by atoms with van der Waals surface area (Å²) in [4.78, 5) is 13.8. The largest absolute Gasteiger partial charge is 0.417 e. The Morgan fingerprint density at radius 1 is 1.25 bits per heavy atom. The number of hydrogen-bond donors (Lipinski definition) is 3. The van der Waals surface area contributed by atoms with Crippen LogP contribution in [0.15, 0.2) is 47.7 Å². The van der Waals surface area contributed by atoms with E-state index in [1.807, 2.05) is 0 Å². The number of anilines is 3. The zero-order valence-corrected chi connectivity index (χ0v) is 15.3. The van der Waals surface area contributed by atoms with Gasteiger partial charge in [0.1, 0.15) is 6.34 Å². The van der Waals surface area contributed by atoms with Gasteiger partial charge in [0.25, 0.3) is 0 Å². The second kappa shape index (κ2) is 8.70. The lowest BCUT2D eigenvalue weighted by Gasteiger charge is -2.21. The highest BCUT2D eigenvalue weighted by molar-refractivity contribution is 6.31. The van der Waals surface area contributed by atoms with E-state index in [1.54, 1.807) is 36.2 Å². The van der Waals surface area contributed by atoms with Gasteiger partial charge < -0.3 is 10.2 Å². The number of rotatable bonds is 7. The van der Waals surface area contributed by atoms with Crippen molar-refractivity contribution < 1.29 is 18.0 Å². The molecule has 0 aromatic heterocycles. The van der Waals surface area contributed by atoms with Crippen molar-refractivity contribution in [2.75, 3.05) is 28.8 Å². The molecule has 11 heteroatoms. The second-order valence-corrected chi connectivity index (χ2v) is 6.10. The standard InChI is InChI=1S/C17H16ClF3N6O/c1-26(12-3-2-4-13(8-12)27(10-22)25-23)9-16(28)24-11-5-6-15(18)14(7-11)17(19,20)21/h2-8,10,22-23H,9H2,1H3,(H,24,28). The van der Waals surface area contributed by atoms with Crippen molar-refractivity contribution in [3.05, 3.63) is 53.1 Å². The van der Waals surface area contributed by atoms with Gasteiger partial charge in [-0.05, 0) is 36.4 Å². The van der Waals surface area contributed by atoms with Crippen molar-refractivity contribution in [2.24, 2.45) is 5.22 Å². The number of carbonyl (C=O) groups is 1. The number of benzene rings is 2. The molecule has 0 atom stereocenters. The predicted molar refractivity (Wildman–Crippen MR) is 101 cm³/mol. The molecule has 0 saturated heterocycles. The molecule has 148 valence electrons. The molecule has 0 aliphatic heterocycles. The average Bonchev–Trinajstić information content (AvgIpc) is 2.63. The molecule has 3 N–H and O–H groups in total. The summed E-state index contributed by atoms with van der Waals surface area (Å²) in [6, 6.07) is 9.74. The van der Waals surface area contributed by atoms with Gasteiger partial charge in [-0.1, -0.05) is 22.9 Å². The van der Waals surface area contributed by atoms with Crippen molar-refractivity contribution in [3.63, 3.8) is 0 Å². The maximum absolute atomic E-state index is 12.9. The summed E-state index contributed by atoms with van der Waals surface area (Å²) in [6.45, 7) is -0.143. The first-order chi connectivity index (χ1) is 13.2. The molecule has 0 bridgehead atoms. The summed E-state index contributed by atoms with van der Waals surface area (Å²) in [6.07, 6.45) is -3.77. The van der Waals surface area contributed by atoms with Gasteiger partial charge in [0.05, 0.1) is 22.8 Å². The molecular formula is C17H16ClF3N6O. The van der Waals surface area contributed by atoms with Gasteiger partial charge in [-0.25, -0.2) is 5.01 Å².